The molecule has 0 fully saturated rings. The summed E-state index contributed by atoms with van der Waals surface area (Å²) in [7, 11) is 0. The lowest BCUT2D eigenvalue weighted by Crippen LogP contribution is -2.40. The van der Waals surface area contributed by atoms with Crippen LogP contribution in [0.1, 0.15) is 25.0 Å². The lowest BCUT2D eigenvalue weighted by atomic mass is 10.1. The van der Waals surface area contributed by atoms with E-state index in [4.69, 9.17) is 0 Å². The number of carbonyl (C=O) groups excluding carboxylic acids is 2. The molecule has 1 aromatic heterocycles. The van der Waals surface area contributed by atoms with Gasteiger partial charge >= 0.3 is 5.69 Å². The second-order valence-corrected chi connectivity index (χ2v) is 9.10. The predicted octanol–water partition coefficient (Wildman–Crippen LogP) is 3.31. The Kier molecular flexibility index (Phi) is 7.33. The minimum absolute atomic E-state index is 0.0173. The van der Waals surface area contributed by atoms with Crippen LogP contribution in [-0.2, 0) is 22.6 Å². The zero-order chi connectivity index (χ0) is 26.7. The van der Waals surface area contributed by atoms with Gasteiger partial charge in [-0.2, -0.15) is 0 Å². The topological polar surface area (TPSA) is 102 Å². The summed E-state index contributed by atoms with van der Waals surface area (Å²) in [6.45, 7) is 4.97. The standard InChI is InChI=1S/C28H27FN4O4/c1-17(2)30-25(34)14-19-9-12-21(13-10-19)33-27(36)22-6-4-5-7-24(22)32(28(33)37)16-26(35)31-20-11-8-18(3)23(29)15-20/h4-13,15,17H,14,16H2,1-3H3,(H,30,34)(H,31,35). The second-order valence-electron chi connectivity index (χ2n) is 9.10. The molecule has 3 aromatic carbocycles. The van der Waals surface area contributed by atoms with Gasteiger partial charge in [-0.25, -0.2) is 13.8 Å². The van der Waals surface area contributed by atoms with Crippen LogP contribution in [-0.4, -0.2) is 27.0 Å². The van der Waals surface area contributed by atoms with Crippen LogP contribution in [0, 0.1) is 12.7 Å². The van der Waals surface area contributed by atoms with E-state index >= 15 is 0 Å². The van der Waals surface area contributed by atoms with Crippen LogP contribution in [0.2, 0.25) is 0 Å². The minimum atomic E-state index is -0.695. The molecular formula is C28H27FN4O4. The molecule has 0 saturated heterocycles. The third kappa shape index (κ3) is 5.66. The number of hydrogen-bond acceptors (Lipinski definition) is 4. The molecule has 0 aliphatic heterocycles. The average Bonchev–Trinajstić information content (AvgIpc) is 2.84. The maximum Gasteiger partial charge on any atom is 0.336 e. The van der Waals surface area contributed by atoms with E-state index in [2.05, 4.69) is 10.6 Å². The van der Waals surface area contributed by atoms with Crippen molar-refractivity contribution >= 4 is 28.4 Å². The Bertz CT molecular complexity index is 1600. The van der Waals surface area contributed by atoms with E-state index in [9.17, 15) is 23.6 Å². The quantitative estimate of drug-likeness (QED) is 0.405. The maximum atomic E-state index is 13.9. The second kappa shape index (κ2) is 10.6. The highest BCUT2D eigenvalue weighted by molar-refractivity contribution is 5.91. The van der Waals surface area contributed by atoms with Crippen molar-refractivity contribution in [2.75, 3.05) is 5.32 Å². The minimum Gasteiger partial charge on any atom is -0.354 e. The number of carbonyl (C=O) groups is 2. The number of anilines is 1. The fourth-order valence-electron chi connectivity index (χ4n) is 4.04. The number of para-hydroxylation sites is 1. The van der Waals surface area contributed by atoms with Gasteiger partial charge in [0.15, 0.2) is 0 Å². The molecule has 0 unspecified atom stereocenters. The third-order valence-corrected chi connectivity index (χ3v) is 5.82. The van der Waals surface area contributed by atoms with Gasteiger partial charge in [0.05, 0.1) is 23.0 Å². The average molecular weight is 503 g/mol. The molecule has 4 rings (SSSR count). The third-order valence-electron chi connectivity index (χ3n) is 5.82. The van der Waals surface area contributed by atoms with E-state index < -0.39 is 23.0 Å². The summed E-state index contributed by atoms with van der Waals surface area (Å²) < 4.78 is 16.1. The van der Waals surface area contributed by atoms with Crippen molar-refractivity contribution in [2.45, 2.75) is 39.8 Å². The van der Waals surface area contributed by atoms with Crippen molar-refractivity contribution in [2.24, 2.45) is 0 Å². The molecule has 0 radical (unpaired) electrons. The lowest BCUT2D eigenvalue weighted by Gasteiger charge is -2.15. The first-order valence-electron chi connectivity index (χ1n) is 11.8. The van der Waals surface area contributed by atoms with E-state index in [1.165, 1.54) is 10.6 Å². The zero-order valence-electron chi connectivity index (χ0n) is 20.7. The van der Waals surface area contributed by atoms with Crippen LogP contribution in [0.15, 0.2) is 76.3 Å². The number of rotatable bonds is 7. The van der Waals surface area contributed by atoms with Crippen molar-refractivity contribution in [1.29, 1.82) is 0 Å². The Morgan fingerprint density at radius 3 is 2.32 bits per heavy atom. The molecular weight excluding hydrogens is 475 g/mol. The number of nitrogens with zero attached hydrogens (tertiary/aromatic N) is 2. The lowest BCUT2D eigenvalue weighted by molar-refractivity contribution is -0.121. The zero-order valence-corrected chi connectivity index (χ0v) is 20.7. The number of hydrogen-bond donors (Lipinski definition) is 2. The number of fused-ring (bicyclic) bond motifs is 1. The number of nitrogens with one attached hydrogen (secondary N) is 2. The fourth-order valence-corrected chi connectivity index (χ4v) is 4.04. The van der Waals surface area contributed by atoms with Crippen molar-refractivity contribution in [3.8, 4) is 5.69 Å². The highest BCUT2D eigenvalue weighted by atomic mass is 19.1. The summed E-state index contributed by atoms with van der Waals surface area (Å²) in [5.74, 6) is -1.14. The van der Waals surface area contributed by atoms with Crippen molar-refractivity contribution in [3.05, 3.63) is 105 Å². The molecule has 0 saturated carbocycles. The first-order valence-corrected chi connectivity index (χ1v) is 11.8. The van der Waals surface area contributed by atoms with Gasteiger partial charge in [-0.05, 0) is 68.3 Å². The molecule has 4 aromatic rings. The van der Waals surface area contributed by atoms with E-state index in [-0.39, 0.29) is 36.0 Å². The SMILES string of the molecule is Cc1ccc(NC(=O)Cn2c(=O)n(-c3ccc(CC(=O)NC(C)C)cc3)c(=O)c3ccccc32)cc1F. The van der Waals surface area contributed by atoms with Gasteiger partial charge in [-0.1, -0.05) is 30.3 Å². The molecule has 0 bridgehead atoms. The summed E-state index contributed by atoms with van der Waals surface area (Å²) in [5.41, 5.74) is 0.822. The summed E-state index contributed by atoms with van der Waals surface area (Å²) in [4.78, 5) is 51.7. The first-order chi connectivity index (χ1) is 17.6. The Morgan fingerprint density at radius 1 is 0.946 bits per heavy atom. The summed E-state index contributed by atoms with van der Waals surface area (Å²) in [6, 6.07) is 17.4. The molecule has 2 N–H and O–H groups in total. The summed E-state index contributed by atoms with van der Waals surface area (Å²) in [6.07, 6.45) is 0.162. The maximum absolute atomic E-state index is 13.9. The number of benzene rings is 3. The van der Waals surface area contributed by atoms with Gasteiger partial charge in [0.1, 0.15) is 12.4 Å². The van der Waals surface area contributed by atoms with Gasteiger partial charge in [-0.15, -0.1) is 0 Å². The number of halogens is 1. The molecule has 0 spiro atoms. The Hall–Kier alpha value is -4.53. The van der Waals surface area contributed by atoms with Gasteiger partial charge in [0, 0.05) is 11.7 Å². The molecule has 0 aliphatic rings. The van der Waals surface area contributed by atoms with Crippen LogP contribution < -0.4 is 21.9 Å². The number of aryl methyl sites for hydroxylation is 1. The number of amides is 2. The van der Waals surface area contributed by atoms with Crippen LogP contribution in [0.3, 0.4) is 0 Å². The first kappa shape index (κ1) is 25.6. The van der Waals surface area contributed by atoms with Gasteiger partial charge < -0.3 is 10.6 Å². The largest absolute Gasteiger partial charge is 0.354 e. The van der Waals surface area contributed by atoms with E-state index in [0.717, 1.165) is 10.1 Å². The van der Waals surface area contributed by atoms with Gasteiger partial charge in [-0.3, -0.25) is 19.0 Å². The monoisotopic (exact) mass is 502 g/mol. The van der Waals surface area contributed by atoms with Crippen LogP contribution in [0.25, 0.3) is 16.6 Å². The number of aromatic nitrogens is 2. The molecule has 190 valence electrons. The van der Waals surface area contributed by atoms with Crippen molar-refractivity contribution < 1.29 is 14.0 Å². The van der Waals surface area contributed by atoms with Crippen LogP contribution in [0.5, 0.6) is 0 Å². The fraction of sp³-hybridized carbons (Fsp3) is 0.214. The summed E-state index contributed by atoms with van der Waals surface area (Å²) in [5, 5.41) is 5.68. The highest BCUT2D eigenvalue weighted by Crippen LogP contribution is 2.15. The van der Waals surface area contributed by atoms with Gasteiger partial charge in [0.25, 0.3) is 5.56 Å². The Morgan fingerprint density at radius 2 is 1.65 bits per heavy atom. The normalized spacial score (nSPS) is 11.1. The van der Waals surface area contributed by atoms with E-state index in [1.807, 2.05) is 13.8 Å². The van der Waals surface area contributed by atoms with E-state index in [1.54, 1.807) is 67.6 Å². The Balaban J connectivity index is 1.70. The van der Waals surface area contributed by atoms with Crippen molar-refractivity contribution in [3.63, 3.8) is 0 Å². The Labute approximate surface area is 212 Å². The molecule has 9 heteroatoms. The van der Waals surface area contributed by atoms with E-state index in [0.29, 0.717) is 16.8 Å². The predicted molar refractivity (Wildman–Crippen MR) is 141 cm³/mol. The molecule has 0 aliphatic carbocycles. The van der Waals surface area contributed by atoms with Crippen LogP contribution in [0.4, 0.5) is 10.1 Å². The smallest absolute Gasteiger partial charge is 0.336 e. The van der Waals surface area contributed by atoms with Gasteiger partial charge in [0.2, 0.25) is 11.8 Å². The molecule has 1 heterocycles. The summed E-state index contributed by atoms with van der Waals surface area (Å²) >= 11 is 0. The van der Waals surface area contributed by atoms with Crippen molar-refractivity contribution in [1.82, 2.24) is 14.5 Å². The highest BCUT2D eigenvalue weighted by Gasteiger charge is 2.17. The molecule has 2 amide bonds. The van der Waals surface area contributed by atoms with Crippen LogP contribution >= 0.6 is 0 Å². The molecule has 0 atom stereocenters. The molecule has 8 nitrogen and oxygen atoms in total. The molecule has 37 heavy (non-hydrogen) atoms.